The molecule has 0 aromatic carbocycles. The molecule has 0 spiro atoms. The van der Waals surface area contributed by atoms with Crippen LogP contribution in [0.1, 0.15) is 41.5 Å². The Kier molecular flexibility index (Phi) is 10.0. The summed E-state index contributed by atoms with van der Waals surface area (Å²) in [5.74, 6) is 0.450. The molecule has 2 atom stereocenters. The zero-order valence-corrected chi connectivity index (χ0v) is 16.3. The molecule has 22 heavy (non-hydrogen) atoms. The average Bonchev–Trinajstić information content (AvgIpc) is 2.62. The Balaban J connectivity index is 0.000000425. The second kappa shape index (κ2) is 10.0. The summed E-state index contributed by atoms with van der Waals surface area (Å²) in [5, 5.41) is 0. The molecule has 1 saturated heterocycles. The van der Waals surface area contributed by atoms with Gasteiger partial charge in [0.05, 0.1) is 19.4 Å². The van der Waals surface area contributed by atoms with Gasteiger partial charge >= 0.3 is 7.82 Å². The highest BCUT2D eigenvalue weighted by Crippen LogP contribution is 2.43. The Labute approximate surface area is 136 Å². The van der Waals surface area contributed by atoms with Crippen molar-refractivity contribution in [3.8, 4) is 0 Å². The molecule has 0 saturated carbocycles. The predicted molar refractivity (Wildman–Crippen MR) is 90.7 cm³/mol. The Morgan fingerprint density at radius 3 is 1.68 bits per heavy atom. The summed E-state index contributed by atoms with van der Waals surface area (Å²) >= 11 is 0. The zero-order valence-electron chi connectivity index (χ0n) is 15.4. The third-order valence-corrected chi connectivity index (χ3v) is 4.57. The van der Waals surface area contributed by atoms with Crippen LogP contribution in [-0.4, -0.2) is 60.8 Å². The minimum atomic E-state index is -3.80. The summed E-state index contributed by atoms with van der Waals surface area (Å²) in [5.41, 5.74) is 0. The Morgan fingerprint density at radius 2 is 1.50 bits per heavy atom. The van der Waals surface area contributed by atoms with Crippen LogP contribution in [0, 0.1) is 11.8 Å². The number of phosphoric ester groups is 1. The van der Waals surface area contributed by atoms with Gasteiger partial charge in [0.2, 0.25) is 0 Å². The molecule has 1 aliphatic rings. The lowest BCUT2D eigenvalue weighted by Gasteiger charge is -2.21. The van der Waals surface area contributed by atoms with Crippen LogP contribution in [0.4, 0.5) is 0 Å². The molecule has 1 aliphatic heterocycles. The van der Waals surface area contributed by atoms with E-state index in [2.05, 4.69) is 37.7 Å². The van der Waals surface area contributed by atoms with E-state index in [1.807, 2.05) is 27.7 Å². The molecule has 0 aromatic heterocycles. The first-order chi connectivity index (χ1) is 9.96. The van der Waals surface area contributed by atoms with E-state index < -0.39 is 7.82 Å². The van der Waals surface area contributed by atoms with Crippen LogP contribution < -0.4 is 0 Å². The quantitative estimate of drug-likeness (QED) is 0.751. The van der Waals surface area contributed by atoms with Gasteiger partial charge in [-0.3, -0.25) is 18.8 Å². The molecule has 6 nitrogen and oxygen atoms in total. The van der Waals surface area contributed by atoms with E-state index in [-0.39, 0.29) is 25.0 Å². The number of hydrogen-bond donors (Lipinski definition) is 1. The minimum absolute atomic E-state index is 0.225. The van der Waals surface area contributed by atoms with Gasteiger partial charge in [0.1, 0.15) is 0 Å². The van der Waals surface area contributed by atoms with Crippen LogP contribution in [-0.2, 0) is 13.6 Å². The third-order valence-electron chi connectivity index (χ3n) is 3.62. The monoisotopic (exact) mass is 338 g/mol. The molecule has 0 radical (unpaired) electrons. The fourth-order valence-corrected chi connectivity index (χ4v) is 2.95. The fraction of sp³-hybridized carbons (Fsp3) is 1.00. The van der Waals surface area contributed by atoms with Gasteiger partial charge in [-0.25, -0.2) is 4.57 Å². The number of hydrogen-bond acceptors (Lipinski definition) is 5. The average molecular weight is 338 g/mol. The molecule has 2 unspecified atom stereocenters. The minimum Gasteiger partial charge on any atom is -0.302 e. The summed E-state index contributed by atoms with van der Waals surface area (Å²) in [4.78, 5) is 13.9. The summed E-state index contributed by atoms with van der Waals surface area (Å²) in [7, 11) is 0.550. The highest BCUT2D eigenvalue weighted by atomic mass is 31.2. The van der Waals surface area contributed by atoms with E-state index in [9.17, 15) is 4.57 Å². The van der Waals surface area contributed by atoms with Gasteiger partial charge in [0.25, 0.3) is 0 Å². The number of phosphoric acid groups is 1. The van der Waals surface area contributed by atoms with Crippen molar-refractivity contribution in [2.45, 2.75) is 53.8 Å². The van der Waals surface area contributed by atoms with Crippen LogP contribution in [0.3, 0.4) is 0 Å². The van der Waals surface area contributed by atoms with E-state index in [0.29, 0.717) is 6.17 Å². The van der Waals surface area contributed by atoms with Gasteiger partial charge < -0.3 is 4.89 Å². The second-order valence-electron chi connectivity index (χ2n) is 6.93. The molecule has 7 heteroatoms. The largest absolute Gasteiger partial charge is 0.472 e. The van der Waals surface area contributed by atoms with Gasteiger partial charge in [-0.05, 0) is 39.8 Å². The second-order valence-corrected chi connectivity index (χ2v) is 8.39. The molecule has 0 bridgehead atoms. The van der Waals surface area contributed by atoms with Gasteiger partial charge in [-0.15, -0.1) is 0 Å². The summed E-state index contributed by atoms with van der Waals surface area (Å²) in [6.07, 6.45) is 0.625. The lowest BCUT2D eigenvalue weighted by molar-refractivity contribution is 0.126. The summed E-state index contributed by atoms with van der Waals surface area (Å²) in [6.45, 7) is 13.8. The molecule has 134 valence electrons. The van der Waals surface area contributed by atoms with Crippen molar-refractivity contribution in [2.75, 3.05) is 33.9 Å². The number of likely N-dealkylation sites (N-methyl/N-ethyl adjacent to an activating group) is 2. The zero-order chi connectivity index (χ0) is 17.5. The molecule has 0 amide bonds. The Bertz CT molecular complexity index is 324. The van der Waals surface area contributed by atoms with Crippen molar-refractivity contribution in [3.63, 3.8) is 0 Å². The van der Waals surface area contributed by atoms with Crippen molar-refractivity contribution in [3.05, 3.63) is 0 Å². The van der Waals surface area contributed by atoms with Crippen LogP contribution in [0.2, 0.25) is 0 Å². The SMILES string of the molecule is CC(C)COP(=O)(O)OCC(C)C.CC1CN(C)C(C)N1C. The van der Waals surface area contributed by atoms with Gasteiger partial charge in [-0.2, -0.15) is 0 Å². The molecule has 1 heterocycles. The maximum absolute atomic E-state index is 11.1. The number of nitrogens with zero attached hydrogens (tertiary/aromatic N) is 2. The van der Waals surface area contributed by atoms with E-state index >= 15 is 0 Å². The molecule has 1 fully saturated rings. The first-order valence-electron chi connectivity index (χ1n) is 8.00. The number of rotatable bonds is 6. The lowest BCUT2D eigenvalue weighted by Crippen LogP contribution is -2.32. The highest BCUT2D eigenvalue weighted by molar-refractivity contribution is 7.47. The topological polar surface area (TPSA) is 62.2 Å². The molecule has 0 aliphatic carbocycles. The van der Waals surface area contributed by atoms with E-state index in [1.165, 1.54) is 6.54 Å². The summed E-state index contributed by atoms with van der Waals surface area (Å²) < 4.78 is 20.6. The Hall–Kier alpha value is 0.0300. The maximum Gasteiger partial charge on any atom is 0.472 e. The molecular formula is C15H35N2O4P. The molecule has 1 rings (SSSR count). The highest BCUT2D eigenvalue weighted by Gasteiger charge is 2.27. The van der Waals surface area contributed by atoms with Gasteiger partial charge in [0, 0.05) is 12.6 Å². The Morgan fingerprint density at radius 1 is 1.09 bits per heavy atom. The first kappa shape index (κ1) is 22.0. The normalized spacial score (nSPS) is 24.0. The standard InChI is InChI=1S/C8H19O4P.C7H16N2/c1-7(2)5-11-13(9,10)12-6-8(3)4;1-6-5-8(3)7(2)9(6)4/h7-8H,5-6H2,1-4H3,(H,9,10);6-7H,5H2,1-4H3. The van der Waals surface area contributed by atoms with Crippen molar-refractivity contribution in [1.29, 1.82) is 0 Å². The molecular weight excluding hydrogens is 303 g/mol. The first-order valence-corrected chi connectivity index (χ1v) is 9.49. The molecule has 0 aromatic rings. The van der Waals surface area contributed by atoms with Crippen molar-refractivity contribution < 1.29 is 18.5 Å². The third kappa shape index (κ3) is 9.23. The lowest BCUT2D eigenvalue weighted by atomic mass is 10.2. The molecule has 1 N–H and O–H groups in total. The summed E-state index contributed by atoms with van der Waals surface area (Å²) in [6, 6.07) is 0.727. The van der Waals surface area contributed by atoms with E-state index in [1.54, 1.807) is 0 Å². The maximum atomic E-state index is 11.1. The smallest absolute Gasteiger partial charge is 0.302 e. The van der Waals surface area contributed by atoms with Crippen molar-refractivity contribution >= 4 is 7.82 Å². The van der Waals surface area contributed by atoms with Crippen LogP contribution in [0.15, 0.2) is 0 Å². The van der Waals surface area contributed by atoms with Crippen molar-refractivity contribution in [2.24, 2.45) is 11.8 Å². The van der Waals surface area contributed by atoms with Crippen LogP contribution in [0.5, 0.6) is 0 Å². The van der Waals surface area contributed by atoms with Crippen molar-refractivity contribution in [1.82, 2.24) is 9.80 Å². The predicted octanol–water partition coefficient (Wildman–Crippen LogP) is 3.03. The van der Waals surface area contributed by atoms with Crippen LogP contribution in [0.25, 0.3) is 0 Å². The van der Waals surface area contributed by atoms with Crippen LogP contribution >= 0.6 is 7.82 Å². The van der Waals surface area contributed by atoms with E-state index in [0.717, 1.165) is 6.04 Å². The van der Waals surface area contributed by atoms with Gasteiger partial charge in [0.15, 0.2) is 0 Å². The van der Waals surface area contributed by atoms with Gasteiger partial charge in [-0.1, -0.05) is 27.7 Å². The van der Waals surface area contributed by atoms with E-state index in [4.69, 9.17) is 13.9 Å². The fourth-order valence-electron chi connectivity index (χ4n) is 1.90.